The van der Waals surface area contributed by atoms with Crippen molar-refractivity contribution >= 4 is 11.6 Å². The number of aromatic nitrogens is 4. The minimum Gasteiger partial charge on any atom is -0.366 e. The Balaban J connectivity index is 1.64. The molecule has 8 nitrogen and oxygen atoms in total. The van der Waals surface area contributed by atoms with Gasteiger partial charge in [-0.15, -0.1) is 0 Å². The molecule has 0 radical (unpaired) electrons. The molecule has 2 N–H and O–H groups in total. The summed E-state index contributed by atoms with van der Waals surface area (Å²) in [5.41, 5.74) is 0.619. The molecule has 0 bridgehead atoms. The highest BCUT2D eigenvalue weighted by atomic mass is 16.5. The van der Waals surface area contributed by atoms with Gasteiger partial charge in [-0.25, -0.2) is 14.6 Å². The van der Waals surface area contributed by atoms with Crippen molar-refractivity contribution < 1.29 is 9.53 Å². The van der Waals surface area contributed by atoms with E-state index in [0.717, 1.165) is 6.54 Å². The number of nitrogens with zero attached hydrogens (tertiary/aromatic N) is 4. The Kier molecular flexibility index (Phi) is 3.66. The largest absolute Gasteiger partial charge is 0.366 e. The van der Waals surface area contributed by atoms with Crippen LogP contribution in [0.2, 0.25) is 0 Å². The second kappa shape index (κ2) is 5.76. The van der Waals surface area contributed by atoms with E-state index in [9.17, 15) is 4.79 Å². The maximum Gasteiger partial charge on any atom is 0.254 e. The molecule has 0 aromatic carbocycles. The van der Waals surface area contributed by atoms with Crippen LogP contribution in [0.3, 0.4) is 0 Å². The molecule has 3 heterocycles. The Morgan fingerprint density at radius 3 is 3.10 bits per heavy atom. The van der Waals surface area contributed by atoms with Gasteiger partial charge in [0.25, 0.3) is 5.91 Å². The molecule has 20 heavy (non-hydrogen) atoms. The maximum absolute atomic E-state index is 11.9. The van der Waals surface area contributed by atoms with E-state index < -0.39 is 6.10 Å². The first kappa shape index (κ1) is 12.7. The molecule has 1 atom stereocenters. The molecule has 2 aromatic rings. The number of hydrogen-bond acceptors (Lipinski definition) is 6. The van der Waals surface area contributed by atoms with Crippen LogP contribution in [0, 0.1) is 0 Å². The van der Waals surface area contributed by atoms with Crippen LogP contribution in [0.4, 0.5) is 5.69 Å². The maximum atomic E-state index is 11.9. The summed E-state index contributed by atoms with van der Waals surface area (Å²) >= 11 is 0. The summed E-state index contributed by atoms with van der Waals surface area (Å²) in [5, 5.41) is 9.86. The lowest BCUT2D eigenvalue weighted by atomic mass is 10.3. The lowest BCUT2D eigenvalue weighted by molar-refractivity contribution is -0.128. The summed E-state index contributed by atoms with van der Waals surface area (Å²) < 4.78 is 6.92. The number of pyridine rings is 1. The van der Waals surface area contributed by atoms with Crippen LogP contribution in [0.25, 0.3) is 5.82 Å². The summed E-state index contributed by atoms with van der Waals surface area (Å²) in [6.45, 7) is 1.84. The Morgan fingerprint density at radius 2 is 2.45 bits per heavy atom. The van der Waals surface area contributed by atoms with E-state index >= 15 is 0 Å². The molecule has 104 valence electrons. The van der Waals surface area contributed by atoms with E-state index in [1.54, 1.807) is 29.3 Å². The molecule has 8 heteroatoms. The van der Waals surface area contributed by atoms with Crippen molar-refractivity contribution in [1.29, 1.82) is 0 Å². The first-order chi connectivity index (χ1) is 9.83. The summed E-state index contributed by atoms with van der Waals surface area (Å²) in [4.78, 5) is 20.0. The lowest BCUT2D eigenvalue weighted by Gasteiger charge is -2.22. The van der Waals surface area contributed by atoms with Gasteiger partial charge in [-0.2, -0.15) is 5.10 Å². The van der Waals surface area contributed by atoms with Crippen molar-refractivity contribution in [2.75, 3.05) is 25.0 Å². The fraction of sp³-hybridized carbons (Fsp3) is 0.333. The lowest BCUT2D eigenvalue weighted by Crippen LogP contribution is -2.45. The van der Waals surface area contributed by atoms with E-state index in [-0.39, 0.29) is 5.91 Å². The van der Waals surface area contributed by atoms with Crippen molar-refractivity contribution in [2.45, 2.75) is 6.10 Å². The Labute approximate surface area is 115 Å². The minimum absolute atomic E-state index is 0.174. The van der Waals surface area contributed by atoms with E-state index in [2.05, 4.69) is 25.7 Å². The van der Waals surface area contributed by atoms with Crippen molar-refractivity contribution in [3.8, 4) is 5.82 Å². The van der Waals surface area contributed by atoms with Gasteiger partial charge in [-0.05, 0) is 12.1 Å². The van der Waals surface area contributed by atoms with Gasteiger partial charge in [0.15, 0.2) is 5.82 Å². The standard InChI is InChI=1S/C12H14N6O2/c19-12(10-6-13-3-4-20-10)17-9-1-2-11(15-5-9)18-8-14-7-16-18/h1-2,5,7-8,10,13H,3-4,6H2,(H,17,19). The molecule has 1 unspecified atom stereocenters. The van der Waals surface area contributed by atoms with Gasteiger partial charge in [0, 0.05) is 13.1 Å². The number of morpholine rings is 1. The number of nitrogens with one attached hydrogen (secondary N) is 2. The SMILES string of the molecule is O=C(Nc1ccc(-n2cncn2)nc1)C1CNCCO1. The van der Waals surface area contributed by atoms with Crippen LogP contribution in [-0.4, -0.2) is 51.5 Å². The number of hydrogen-bond donors (Lipinski definition) is 2. The first-order valence-corrected chi connectivity index (χ1v) is 6.27. The monoisotopic (exact) mass is 274 g/mol. The van der Waals surface area contributed by atoms with Gasteiger partial charge < -0.3 is 15.4 Å². The van der Waals surface area contributed by atoms with Gasteiger partial charge in [-0.3, -0.25) is 4.79 Å². The third-order valence-corrected chi connectivity index (χ3v) is 2.89. The van der Waals surface area contributed by atoms with Crippen molar-refractivity contribution in [3.63, 3.8) is 0 Å². The van der Waals surface area contributed by atoms with Gasteiger partial charge in [0.2, 0.25) is 0 Å². The molecule has 0 aliphatic carbocycles. The highest BCUT2D eigenvalue weighted by molar-refractivity contribution is 5.94. The van der Waals surface area contributed by atoms with E-state index in [1.165, 1.54) is 6.33 Å². The van der Waals surface area contributed by atoms with Gasteiger partial charge in [0.05, 0.1) is 18.5 Å². The molecule has 0 spiro atoms. The first-order valence-electron chi connectivity index (χ1n) is 6.27. The number of amides is 1. The number of carbonyl (C=O) groups is 1. The van der Waals surface area contributed by atoms with Gasteiger partial charge >= 0.3 is 0 Å². The second-order valence-corrected chi connectivity index (χ2v) is 4.30. The highest BCUT2D eigenvalue weighted by Gasteiger charge is 2.21. The number of anilines is 1. The fourth-order valence-corrected chi connectivity index (χ4v) is 1.88. The minimum atomic E-state index is -0.459. The topological polar surface area (TPSA) is 94.0 Å². The molecule has 1 fully saturated rings. The highest BCUT2D eigenvalue weighted by Crippen LogP contribution is 2.10. The molecule has 0 saturated carbocycles. The van der Waals surface area contributed by atoms with E-state index in [4.69, 9.17) is 4.74 Å². The van der Waals surface area contributed by atoms with Crippen LogP contribution in [-0.2, 0) is 9.53 Å². The van der Waals surface area contributed by atoms with Gasteiger partial charge in [-0.1, -0.05) is 0 Å². The van der Waals surface area contributed by atoms with Crippen LogP contribution in [0.5, 0.6) is 0 Å². The zero-order valence-corrected chi connectivity index (χ0v) is 10.7. The summed E-state index contributed by atoms with van der Waals surface area (Å²) in [6.07, 6.45) is 4.11. The zero-order valence-electron chi connectivity index (χ0n) is 10.7. The number of ether oxygens (including phenoxy) is 1. The molecular formula is C12H14N6O2. The van der Waals surface area contributed by atoms with Crippen LogP contribution in [0.1, 0.15) is 0 Å². The van der Waals surface area contributed by atoms with E-state index in [0.29, 0.717) is 24.7 Å². The average Bonchev–Trinajstić information content (AvgIpc) is 3.03. The molecule has 3 rings (SSSR count). The van der Waals surface area contributed by atoms with E-state index in [1.807, 2.05) is 0 Å². The quantitative estimate of drug-likeness (QED) is 0.790. The van der Waals surface area contributed by atoms with Crippen LogP contribution < -0.4 is 10.6 Å². The molecule has 1 aliphatic heterocycles. The average molecular weight is 274 g/mol. The zero-order chi connectivity index (χ0) is 13.8. The number of rotatable bonds is 3. The molecule has 2 aromatic heterocycles. The molecule has 1 saturated heterocycles. The molecule has 1 amide bonds. The Hall–Kier alpha value is -2.32. The van der Waals surface area contributed by atoms with Crippen molar-refractivity contribution in [1.82, 2.24) is 25.1 Å². The predicted molar refractivity (Wildman–Crippen MR) is 70.4 cm³/mol. The predicted octanol–water partition coefficient (Wildman–Crippen LogP) is -0.411. The van der Waals surface area contributed by atoms with Crippen molar-refractivity contribution in [2.24, 2.45) is 0 Å². The third-order valence-electron chi connectivity index (χ3n) is 2.89. The third kappa shape index (κ3) is 2.81. The summed E-state index contributed by atoms with van der Waals surface area (Å²) in [5.74, 6) is 0.462. The van der Waals surface area contributed by atoms with Crippen LogP contribution in [0.15, 0.2) is 31.0 Å². The Morgan fingerprint density at radius 1 is 1.50 bits per heavy atom. The summed E-state index contributed by atoms with van der Waals surface area (Å²) in [6, 6.07) is 3.52. The van der Waals surface area contributed by atoms with Crippen molar-refractivity contribution in [3.05, 3.63) is 31.0 Å². The molecular weight excluding hydrogens is 260 g/mol. The number of carbonyl (C=O) groups excluding carboxylic acids is 1. The second-order valence-electron chi connectivity index (χ2n) is 4.30. The Bertz CT molecular complexity index is 562. The fourth-order valence-electron chi connectivity index (χ4n) is 1.88. The smallest absolute Gasteiger partial charge is 0.254 e. The normalized spacial score (nSPS) is 18.7. The molecule has 1 aliphatic rings. The van der Waals surface area contributed by atoms with Crippen LogP contribution >= 0.6 is 0 Å². The summed E-state index contributed by atoms with van der Waals surface area (Å²) in [7, 11) is 0. The van der Waals surface area contributed by atoms with Gasteiger partial charge in [0.1, 0.15) is 18.8 Å².